The average Bonchev–Trinajstić information content (AvgIpc) is 2.45. The molecule has 0 aliphatic carbocycles. The van der Waals surface area contributed by atoms with Gasteiger partial charge in [0.1, 0.15) is 18.5 Å². The molecule has 6 heteroatoms. The number of rotatable bonds is 8. The van der Waals surface area contributed by atoms with Crippen molar-refractivity contribution in [3.8, 4) is 11.8 Å². The topological polar surface area (TPSA) is 103 Å². The van der Waals surface area contributed by atoms with Crippen molar-refractivity contribution in [3.63, 3.8) is 0 Å². The Bertz CT molecular complexity index is 427. The number of hydrogen-bond acceptors (Lipinski definition) is 5. The van der Waals surface area contributed by atoms with Crippen LogP contribution in [0.25, 0.3) is 0 Å². The van der Waals surface area contributed by atoms with E-state index in [-0.39, 0.29) is 6.61 Å². The predicted molar refractivity (Wildman–Crippen MR) is 67.2 cm³/mol. The highest BCUT2D eigenvalue weighted by molar-refractivity contribution is 5.47. The highest BCUT2D eigenvalue weighted by Crippen LogP contribution is 2.20. The molecule has 0 unspecified atom stereocenters. The molecule has 1 rings (SSSR count). The number of carbonyl (C=O) groups is 1. The highest BCUT2D eigenvalue weighted by atomic mass is 16.5. The van der Waals surface area contributed by atoms with E-state index in [1.807, 2.05) is 6.07 Å². The van der Waals surface area contributed by atoms with E-state index in [4.69, 9.17) is 15.1 Å². The molecule has 1 amide bonds. The molecule has 0 saturated heterocycles. The molecule has 102 valence electrons. The molecule has 0 spiro atoms. The van der Waals surface area contributed by atoms with Crippen molar-refractivity contribution in [1.29, 1.82) is 5.26 Å². The van der Waals surface area contributed by atoms with E-state index < -0.39 is 12.1 Å². The largest absolute Gasteiger partial charge is 0.493 e. The number of benzene rings is 1. The van der Waals surface area contributed by atoms with Gasteiger partial charge in [0, 0.05) is 0 Å². The Hall–Kier alpha value is -2.10. The molecule has 0 bridgehead atoms. The third-order valence-corrected chi connectivity index (χ3v) is 2.56. The molecule has 0 aliphatic heterocycles. The van der Waals surface area contributed by atoms with Crippen LogP contribution in [0.1, 0.15) is 18.1 Å². The van der Waals surface area contributed by atoms with Gasteiger partial charge in [-0.15, -0.1) is 0 Å². The van der Waals surface area contributed by atoms with Crippen LogP contribution in [-0.2, 0) is 4.79 Å². The van der Waals surface area contributed by atoms with E-state index in [1.54, 1.807) is 24.3 Å². The fourth-order valence-corrected chi connectivity index (χ4v) is 1.54. The summed E-state index contributed by atoms with van der Waals surface area (Å²) in [6, 6.07) is 7.82. The molecule has 0 aliphatic rings. The second-order valence-corrected chi connectivity index (χ2v) is 3.84. The molecule has 0 heterocycles. The van der Waals surface area contributed by atoms with Crippen LogP contribution in [0.3, 0.4) is 0 Å². The van der Waals surface area contributed by atoms with Crippen molar-refractivity contribution in [2.45, 2.75) is 18.6 Å². The maximum Gasteiger partial charge on any atom is 0.207 e. The molecule has 0 fully saturated rings. The summed E-state index contributed by atoms with van der Waals surface area (Å²) in [5.74, 6) is 0.593. The molecular weight excluding hydrogens is 248 g/mol. The van der Waals surface area contributed by atoms with E-state index in [1.165, 1.54) is 0 Å². The van der Waals surface area contributed by atoms with Gasteiger partial charge in [-0.05, 0) is 17.7 Å². The summed E-state index contributed by atoms with van der Waals surface area (Å²) < 4.78 is 5.29. The van der Waals surface area contributed by atoms with Crippen LogP contribution in [0.15, 0.2) is 24.3 Å². The van der Waals surface area contributed by atoms with E-state index in [0.29, 0.717) is 30.8 Å². The summed E-state index contributed by atoms with van der Waals surface area (Å²) in [5, 5.41) is 29.7. The average molecular weight is 264 g/mol. The van der Waals surface area contributed by atoms with Crippen molar-refractivity contribution in [2.75, 3.05) is 13.2 Å². The van der Waals surface area contributed by atoms with Gasteiger partial charge in [-0.3, -0.25) is 4.79 Å². The first kappa shape index (κ1) is 15.0. The summed E-state index contributed by atoms with van der Waals surface area (Å²) in [4.78, 5) is 10.3. The van der Waals surface area contributed by atoms with Crippen molar-refractivity contribution >= 4 is 6.41 Å². The lowest BCUT2D eigenvalue weighted by Crippen LogP contribution is -2.37. The Kier molecular flexibility index (Phi) is 6.36. The Balaban J connectivity index is 2.64. The minimum atomic E-state index is -0.997. The fourth-order valence-electron chi connectivity index (χ4n) is 1.54. The number of aliphatic hydroxyl groups is 2. The standard InChI is InChI=1S/C13H16N2O4/c14-6-1-7-19-11-4-2-10(3-5-11)13(18)12(8-16)15-9-17/h2-5,9,12-13,16,18H,1,7-8H2,(H,15,17)/t12-,13-/m1/s1. The summed E-state index contributed by atoms with van der Waals surface area (Å²) in [6.45, 7) is -0.0509. The monoisotopic (exact) mass is 264 g/mol. The smallest absolute Gasteiger partial charge is 0.207 e. The molecular formula is C13H16N2O4. The third kappa shape index (κ3) is 4.58. The first-order valence-corrected chi connectivity index (χ1v) is 5.81. The number of amides is 1. The second kappa shape index (κ2) is 8.08. The molecule has 3 N–H and O–H groups in total. The summed E-state index contributed by atoms with van der Waals surface area (Å²) in [7, 11) is 0. The van der Waals surface area contributed by atoms with E-state index in [9.17, 15) is 9.90 Å². The number of nitrogens with one attached hydrogen (secondary N) is 1. The van der Waals surface area contributed by atoms with Gasteiger partial charge in [0.25, 0.3) is 0 Å². The van der Waals surface area contributed by atoms with Gasteiger partial charge in [0.05, 0.1) is 25.1 Å². The van der Waals surface area contributed by atoms with Gasteiger partial charge in [0.15, 0.2) is 0 Å². The lowest BCUT2D eigenvalue weighted by Gasteiger charge is -2.20. The first-order chi connectivity index (χ1) is 9.22. The number of aliphatic hydroxyl groups excluding tert-OH is 2. The zero-order valence-corrected chi connectivity index (χ0v) is 10.3. The molecule has 0 aromatic heterocycles. The molecule has 6 nitrogen and oxygen atoms in total. The van der Waals surface area contributed by atoms with Crippen molar-refractivity contribution < 1.29 is 19.7 Å². The predicted octanol–water partition coefficient (Wildman–Crippen LogP) is 0.119. The number of carbonyl (C=O) groups excluding carboxylic acids is 1. The van der Waals surface area contributed by atoms with Crippen LogP contribution in [0, 0.1) is 11.3 Å². The molecule has 1 aromatic carbocycles. The van der Waals surface area contributed by atoms with Crippen LogP contribution >= 0.6 is 0 Å². The first-order valence-electron chi connectivity index (χ1n) is 5.81. The minimum absolute atomic E-state index is 0.306. The number of nitriles is 1. The minimum Gasteiger partial charge on any atom is -0.493 e. The Morgan fingerprint density at radius 3 is 2.63 bits per heavy atom. The molecule has 19 heavy (non-hydrogen) atoms. The summed E-state index contributed by atoms with van der Waals surface area (Å²) >= 11 is 0. The van der Waals surface area contributed by atoms with Crippen LogP contribution in [0.2, 0.25) is 0 Å². The zero-order valence-electron chi connectivity index (χ0n) is 10.3. The van der Waals surface area contributed by atoms with Gasteiger partial charge in [-0.2, -0.15) is 5.26 Å². The van der Waals surface area contributed by atoms with Gasteiger partial charge in [-0.25, -0.2) is 0 Å². The SMILES string of the molecule is N#CCCOc1ccc([C@@H](O)[C@@H](CO)NC=O)cc1. The lowest BCUT2D eigenvalue weighted by molar-refractivity contribution is -0.111. The molecule has 0 saturated carbocycles. The maximum atomic E-state index is 10.3. The van der Waals surface area contributed by atoms with Crippen LogP contribution in [0.5, 0.6) is 5.75 Å². The summed E-state index contributed by atoms with van der Waals surface area (Å²) in [6.07, 6.45) is -0.257. The molecule has 2 atom stereocenters. The fraction of sp³-hybridized carbons (Fsp3) is 0.385. The van der Waals surface area contributed by atoms with Crippen LogP contribution in [0.4, 0.5) is 0 Å². The quantitative estimate of drug-likeness (QED) is 0.457. The lowest BCUT2D eigenvalue weighted by atomic mass is 10.0. The number of ether oxygens (including phenoxy) is 1. The Morgan fingerprint density at radius 2 is 2.11 bits per heavy atom. The Labute approximate surface area is 111 Å². The van der Waals surface area contributed by atoms with Gasteiger partial charge in [0.2, 0.25) is 6.41 Å². The van der Waals surface area contributed by atoms with E-state index >= 15 is 0 Å². The van der Waals surface area contributed by atoms with Gasteiger partial charge < -0.3 is 20.3 Å². The third-order valence-electron chi connectivity index (χ3n) is 2.56. The molecule has 1 aromatic rings. The van der Waals surface area contributed by atoms with E-state index in [0.717, 1.165) is 0 Å². The number of nitrogens with zero attached hydrogens (tertiary/aromatic N) is 1. The maximum absolute atomic E-state index is 10.3. The van der Waals surface area contributed by atoms with E-state index in [2.05, 4.69) is 5.32 Å². The highest BCUT2D eigenvalue weighted by Gasteiger charge is 2.19. The Morgan fingerprint density at radius 1 is 1.42 bits per heavy atom. The van der Waals surface area contributed by atoms with Gasteiger partial charge in [-0.1, -0.05) is 12.1 Å². The summed E-state index contributed by atoms with van der Waals surface area (Å²) in [5.41, 5.74) is 0.557. The van der Waals surface area contributed by atoms with Crippen molar-refractivity contribution in [3.05, 3.63) is 29.8 Å². The zero-order chi connectivity index (χ0) is 14.1. The van der Waals surface area contributed by atoms with Crippen molar-refractivity contribution in [1.82, 2.24) is 5.32 Å². The number of hydrogen-bond donors (Lipinski definition) is 3. The van der Waals surface area contributed by atoms with Gasteiger partial charge >= 0.3 is 0 Å². The molecule has 0 radical (unpaired) electrons. The second-order valence-electron chi connectivity index (χ2n) is 3.84. The normalized spacial score (nSPS) is 13.1. The van der Waals surface area contributed by atoms with Crippen LogP contribution < -0.4 is 10.1 Å². The van der Waals surface area contributed by atoms with Crippen LogP contribution in [-0.4, -0.2) is 35.9 Å². The van der Waals surface area contributed by atoms with Crippen molar-refractivity contribution in [2.24, 2.45) is 0 Å².